The molecule has 7 heteroatoms. The van der Waals surface area contributed by atoms with E-state index in [1.165, 1.54) is 0 Å². The molecule has 2 atom stereocenters. The van der Waals surface area contributed by atoms with Crippen LogP contribution < -0.4 is 14.9 Å². The number of fused-ring (bicyclic) bond motifs is 2. The number of rotatable bonds is 7. The van der Waals surface area contributed by atoms with Gasteiger partial charge in [-0.25, -0.2) is 0 Å². The van der Waals surface area contributed by atoms with Crippen LogP contribution in [0.5, 0.6) is 11.5 Å². The maximum Gasteiger partial charge on any atom is 0.291 e. The Labute approximate surface area is 191 Å². The van der Waals surface area contributed by atoms with Crippen molar-refractivity contribution in [1.29, 1.82) is 0 Å². The van der Waals surface area contributed by atoms with Gasteiger partial charge in [-0.3, -0.25) is 9.59 Å². The van der Waals surface area contributed by atoms with Crippen molar-refractivity contribution in [2.24, 2.45) is 0 Å². The molecule has 3 aromatic rings. The van der Waals surface area contributed by atoms with Crippen molar-refractivity contribution in [2.45, 2.75) is 25.0 Å². The van der Waals surface area contributed by atoms with Gasteiger partial charge in [0.1, 0.15) is 12.2 Å². The summed E-state index contributed by atoms with van der Waals surface area (Å²) in [5.74, 6) is 0.853. The van der Waals surface area contributed by atoms with Gasteiger partial charge in [0.15, 0.2) is 16.9 Å². The van der Waals surface area contributed by atoms with Gasteiger partial charge in [0.25, 0.3) is 5.91 Å². The number of nitrogens with zero attached hydrogens (tertiary/aromatic N) is 1. The fourth-order valence-corrected chi connectivity index (χ4v) is 4.63. The molecule has 33 heavy (non-hydrogen) atoms. The Morgan fingerprint density at radius 1 is 1.18 bits per heavy atom. The number of benzene rings is 2. The molecule has 0 bridgehead atoms. The summed E-state index contributed by atoms with van der Waals surface area (Å²) in [4.78, 5) is 28.7. The molecule has 2 aliphatic rings. The quantitative estimate of drug-likeness (QED) is 0.508. The average molecular weight is 447 g/mol. The predicted octanol–water partition coefficient (Wildman–Crippen LogP) is 4.09. The lowest BCUT2D eigenvalue weighted by Gasteiger charge is -2.28. The Kier molecular flexibility index (Phi) is 5.64. The van der Waals surface area contributed by atoms with E-state index in [0.29, 0.717) is 47.8 Å². The highest BCUT2D eigenvalue weighted by Gasteiger charge is 2.44. The zero-order valence-corrected chi connectivity index (χ0v) is 18.4. The van der Waals surface area contributed by atoms with Gasteiger partial charge in [-0.2, -0.15) is 0 Å². The first-order valence-electron chi connectivity index (χ1n) is 11.0. The minimum atomic E-state index is -0.611. The minimum absolute atomic E-state index is 0.0765. The Balaban J connectivity index is 1.66. The van der Waals surface area contributed by atoms with Gasteiger partial charge in [0, 0.05) is 13.2 Å². The van der Waals surface area contributed by atoms with Gasteiger partial charge in [-0.1, -0.05) is 30.9 Å². The van der Waals surface area contributed by atoms with Crippen molar-refractivity contribution in [3.05, 3.63) is 82.2 Å². The Morgan fingerprint density at radius 3 is 2.79 bits per heavy atom. The largest absolute Gasteiger partial charge is 0.493 e. The summed E-state index contributed by atoms with van der Waals surface area (Å²) in [5, 5.41) is 0.450. The van der Waals surface area contributed by atoms with E-state index < -0.39 is 6.04 Å². The second kappa shape index (κ2) is 8.75. The van der Waals surface area contributed by atoms with Crippen LogP contribution in [-0.4, -0.2) is 43.8 Å². The van der Waals surface area contributed by atoms with Crippen LogP contribution in [0.3, 0.4) is 0 Å². The molecule has 3 heterocycles. The van der Waals surface area contributed by atoms with E-state index in [9.17, 15) is 9.59 Å². The van der Waals surface area contributed by atoms with Gasteiger partial charge in [-0.15, -0.1) is 0 Å². The highest BCUT2D eigenvalue weighted by molar-refractivity contribution is 5.99. The molecule has 2 aromatic carbocycles. The van der Waals surface area contributed by atoms with Crippen molar-refractivity contribution in [1.82, 2.24) is 4.90 Å². The maximum atomic E-state index is 13.6. The molecule has 0 saturated carbocycles. The third-order valence-corrected chi connectivity index (χ3v) is 6.16. The summed E-state index contributed by atoms with van der Waals surface area (Å²) >= 11 is 0. The van der Waals surface area contributed by atoms with Crippen LogP contribution in [0.15, 0.2) is 64.3 Å². The van der Waals surface area contributed by atoms with E-state index in [1.54, 1.807) is 48.4 Å². The fraction of sp³-hybridized carbons (Fsp3) is 0.308. The summed E-state index contributed by atoms with van der Waals surface area (Å²) in [7, 11) is 1.56. The lowest BCUT2D eigenvalue weighted by Crippen LogP contribution is -2.36. The van der Waals surface area contributed by atoms with Crippen molar-refractivity contribution < 1.29 is 23.4 Å². The Bertz CT molecular complexity index is 1270. The van der Waals surface area contributed by atoms with E-state index in [1.807, 2.05) is 12.1 Å². The molecule has 0 radical (unpaired) electrons. The molecule has 1 amide bonds. The summed E-state index contributed by atoms with van der Waals surface area (Å²) in [6, 6.07) is 11.8. The number of amides is 1. The molecular formula is C26H25NO6. The molecule has 0 spiro atoms. The lowest BCUT2D eigenvalue weighted by molar-refractivity contribution is 0.0486. The first-order valence-corrected chi connectivity index (χ1v) is 11.0. The zero-order valence-electron chi connectivity index (χ0n) is 18.4. The van der Waals surface area contributed by atoms with E-state index in [2.05, 4.69) is 6.58 Å². The number of ether oxygens (including phenoxy) is 3. The molecule has 1 fully saturated rings. The summed E-state index contributed by atoms with van der Waals surface area (Å²) in [5.41, 5.74) is 1.29. The Hall–Kier alpha value is -3.58. The first-order chi connectivity index (χ1) is 16.1. The van der Waals surface area contributed by atoms with E-state index in [0.717, 1.165) is 18.4 Å². The van der Waals surface area contributed by atoms with Crippen LogP contribution >= 0.6 is 0 Å². The van der Waals surface area contributed by atoms with E-state index in [4.69, 9.17) is 18.6 Å². The molecule has 2 unspecified atom stereocenters. The summed E-state index contributed by atoms with van der Waals surface area (Å²) in [6.45, 7) is 5.06. The normalized spacial score (nSPS) is 19.7. The molecule has 5 rings (SSSR count). The number of hydrogen-bond acceptors (Lipinski definition) is 6. The van der Waals surface area contributed by atoms with Gasteiger partial charge < -0.3 is 23.5 Å². The average Bonchev–Trinajstić information content (AvgIpc) is 3.45. The standard InChI is InChI=1S/C26H25NO6/c1-3-12-32-20-11-10-16(14-21(20)30-2)23-22-24(28)18-8-4-5-9-19(18)33-25(22)26(29)27(23)15-17-7-6-13-31-17/h3-5,8-11,14,17,23H,1,6-7,12-13,15H2,2H3. The van der Waals surface area contributed by atoms with Crippen LogP contribution in [0.1, 0.15) is 40.6 Å². The minimum Gasteiger partial charge on any atom is -0.493 e. The van der Waals surface area contributed by atoms with Gasteiger partial charge in [0.05, 0.1) is 30.2 Å². The SMILES string of the molecule is C=CCOc1ccc(C2c3c(oc4ccccc4c3=O)C(=O)N2CC2CCCO2)cc1OC. The molecule has 170 valence electrons. The molecule has 2 aliphatic heterocycles. The third kappa shape index (κ3) is 3.68. The number of para-hydroxylation sites is 1. The monoisotopic (exact) mass is 447 g/mol. The second-order valence-electron chi connectivity index (χ2n) is 8.18. The zero-order chi connectivity index (χ0) is 22.9. The third-order valence-electron chi connectivity index (χ3n) is 6.16. The van der Waals surface area contributed by atoms with Crippen LogP contribution in [-0.2, 0) is 4.74 Å². The highest BCUT2D eigenvalue weighted by Crippen LogP contribution is 2.41. The lowest BCUT2D eigenvalue weighted by atomic mass is 9.98. The first kappa shape index (κ1) is 21.3. The van der Waals surface area contributed by atoms with Crippen LogP contribution in [0.2, 0.25) is 0 Å². The number of hydrogen-bond donors (Lipinski definition) is 0. The van der Waals surface area contributed by atoms with Gasteiger partial charge in [0.2, 0.25) is 5.76 Å². The maximum absolute atomic E-state index is 13.6. The van der Waals surface area contributed by atoms with Crippen LogP contribution in [0.4, 0.5) is 0 Å². The van der Waals surface area contributed by atoms with Crippen molar-refractivity contribution >= 4 is 16.9 Å². The number of carbonyl (C=O) groups is 1. The smallest absolute Gasteiger partial charge is 0.291 e. The second-order valence-corrected chi connectivity index (χ2v) is 8.18. The van der Waals surface area contributed by atoms with E-state index >= 15 is 0 Å². The number of carbonyl (C=O) groups excluding carboxylic acids is 1. The van der Waals surface area contributed by atoms with Crippen LogP contribution in [0, 0.1) is 0 Å². The number of methoxy groups -OCH3 is 1. The van der Waals surface area contributed by atoms with Crippen molar-refractivity contribution in [3.63, 3.8) is 0 Å². The molecule has 1 saturated heterocycles. The van der Waals surface area contributed by atoms with Crippen molar-refractivity contribution in [2.75, 3.05) is 26.9 Å². The molecule has 1 aromatic heterocycles. The summed E-state index contributed by atoms with van der Waals surface area (Å²) in [6.07, 6.45) is 3.40. The topological polar surface area (TPSA) is 78.2 Å². The summed E-state index contributed by atoms with van der Waals surface area (Å²) < 4.78 is 23.0. The van der Waals surface area contributed by atoms with Gasteiger partial charge >= 0.3 is 0 Å². The molecule has 7 nitrogen and oxygen atoms in total. The highest BCUT2D eigenvalue weighted by atomic mass is 16.5. The van der Waals surface area contributed by atoms with Crippen LogP contribution in [0.25, 0.3) is 11.0 Å². The molecule has 0 N–H and O–H groups in total. The predicted molar refractivity (Wildman–Crippen MR) is 123 cm³/mol. The molecular weight excluding hydrogens is 422 g/mol. The van der Waals surface area contributed by atoms with E-state index in [-0.39, 0.29) is 23.2 Å². The fourth-order valence-electron chi connectivity index (χ4n) is 4.63. The molecule has 0 aliphatic carbocycles. The van der Waals surface area contributed by atoms with Gasteiger partial charge in [-0.05, 0) is 42.7 Å². The Morgan fingerprint density at radius 2 is 2.03 bits per heavy atom. The van der Waals surface area contributed by atoms with Crippen molar-refractivity contribution in [3.8, 4) is 11.5 Å².